The summed E-state index contributed by atoms with van der Waals surface area (Å²) in [5.74, 6) is -0.344. The van der Waals surface area contributed by atoms with Crippen molar-refractivity contribution in [3.8, 4) is 11.5 Å². The van der Waals surface area contributed by atoms with E-state index in [9.17, 15) is 18.0 Å². The zero-order chi connectivity index (χ0) is 15.6. The Morgan fingerprint density at radius 1 is 1.10 bits per heavy atom. The first-order chi connectivity index (χ1) is 9.81. The second-order valence-electron chi connectivity index (χ2n) is 4.05. The molecule has 0 saturated carbocycles. The number of hydrogen-bond acceptors (Lipinski definition) is 2. The summed E-state index contributed by atoms with van der Waals surface area (Å²) in [5, 5.41) is 0.172. The van der Waals surface area contributed by atoms with E-state index in [1.165, 1.54) is 18.2 Å². The highest BCUT2D eigenvalue weighted by molar-refractivity contribution is 9.10. The van der Waals surface area contributed by atoms with E-state index >= 15 is 0 Å². The number of rotatable bonds is 3. The highest BCUT2D eigenvalue weighted by atomic mass is 79.9. The number of carbonyl (C=O) groups excluding carboxylic acids is 1. The van der Waals surface area contributed by atoms with E-state index in [-0.39, 0.29) is 16.3 Å². The lowest BCUT2D eigenvalue weighted by atomic mass is 10.1. The number of hydrogen-bond donors (Lipinski definition) is 0. The van der Waals surface area contributed by atoms with Crippen LogP contribution < -0.4 is 4.74 Å². The third-order valence-corrected chi connectivity index (χ3v) is 3.36. The summed E-state index contributed by atoms with van der Waals surface area (Å²) in [6.45, 7) is 0. The van der Waals surface area contributed by atoms with E-state index in [1.54, 1.807) is 6.07 Å². The molecule has 7 heteroatoms. The van der Waals surface area contributed by atoms with Crippen LogP contribution in [0.25, 0.3) is 0 Å². The van der Waals surface area contributed by atoms with Gasteiger partial charge in [0.25, 0.3) is 0 Å². The maximum Gasteiger partial charge on any atom is 0.420 e. The van der Waals surface area contributed by atoms with Crippen molar-refractivity contribution in [2.45, 2.75) is 6.18 Å². The second-order valence-corrected chi connectivity index (χ2v) is 5.37. The molecule has 0 bridgehead atoms. The van der Waals surface area contributed by atoms with Crippen molar-refractivity contribution in [1.82, 2.24) is 0 Å². The molecule has 0 fully saturated rings. The molecule has 0 aliphatic carbocycles. The van der Waals surface area contributed by atoms with Gasteiger partial charge in [0.2, 0.25) is 0 Å². The van der Waals surface area contributed by atoms with E-state index in [0.717, 1.165) is 12.1 Å². The molecule has 2 rings (SSSR count). The van der Waals surface area contributed by atoms with Crippen LogP contribution in [0.1, 0.15) is 15.9 Å². The first kappa shape index (κ1) is 15.9. The molecule has 0 atom stereocenters. The second kappa shape index (κ2) is 6.07. The molecular weight excluding hydrogens is 373 g/mol. The van der Waals surface area contributed by atoms with Gasteiger partial charge in [-0.15, -0.1) is 0 Å². The summed E-state index contributed by atoms with van der Waals surface area (Å²) in [6, 6.07) is 7.64. The molecule has 2 aromatic carbocycles. The summed E-state index contributed by atoms with van der Waals surface area (Å²) < 4.78 is 44.9. The molecule has 2 aromatic rings. The van der Waals surface area contributed by atoms with Crippen LogP contribution in [0.5, 0.6) is 11.5 Å². The Bertz CT molecular complexity index is 686. The van der Waals surface area contributed by atoms with Crippen molar-refractivity contribution in [2.75, 3.05) is 0 Å². The van der Waals surface area contributed by atoms with Crippen LogP contribution in [0.4, 0.5) is 13.2 Å². The molecule has 0 aromatic heterocycles. The summed E-state index contributed by atoms with van der Waals surface area (Å²) in [7, 11) is 0. The molecule has 0 saturated heterocycles. The molecule has 0 N–H and O–H groups in total. The minimum atomic E-state index is -4.65. The monoisotopic (exact) mass is 378 g/mol. The Labute approximate surface area is 131 Å². The number of halogens is 5. The van der Waals surface area contributed by atoms with Gasteiger partial charge < -0.3 is 4.74 Å². The summed E-state index contributed by atoms with van der Waals surface area (Å²) >= 11 is 9.07. The summed E-state index contributed by atoms with van der Waals surface area (Å²) in [5.41, 5.74) is -1.13. The van der Waals surface area contributed by atoms with Crippen molar-refractivity contribution >= 4 is 33.8 Å². The van der Waals surface area contributed by atoms with Gasteiger partial charge in [0.15, 0.2) is 0 Å². The van der Waals surface area contributed by atoms with Crippen molar-refractivity contribution in [3.05, 3.63) is 57.0 Å². The zero-order valence-electron chi connectivity index (χ0n) is 10.2. The van der Waals surface area contributed by atoms with Crippen molar-refractivity contribution in [2.24, 2.45) is 0 Å². The average molecular weight is 380 g/mol. The molecule has 2 nitrogen and oxygen atoms in total. The fourth-order valence-electron chi connectivity index (χ4n) is 1.61. The van der Waals surface area contributed by atoms with Gasteiger partial charge in [-0.05, 0) is 36.4 Å². The first-order valence-electron chi connectivity index (χ1n) is 5.60. The lowest BCUT2D eigenvalue weighted by Crippen LogP contribution is -2.08. The smallest absolute Gasteiger partial charge is 0.420 e. The van der Waals surface area contributed by atoms with Gasteiger partial charge in [-0.1, -0.05) is 27.5 Å². The minimum absolute atomic E-state index is 0.0791. The third kappa shape index (κ3) is 3.77. The fraction of sp³-hybridized carbons (Fsp3) is 0.0714. The van der Waals surface area contributed by atoms with Crippen LogP contribution in [-0.2, 0) is 6.18 Å². The van der Waals surface area contributed by atoms with Crippen molar-refractivity contribution in [3.63, 3.8) is 0 Å². The quantitative estimate of drug-likeness (QED) is 0.637. The number of aldehydes is 1. The van der Waals surface area contributed by atoms with Crippen LogP contribution in [0.2, 0.25) is 5.02 Å². The van der Waals surface area contributed by atoms with E-state index < -0.39 is 17.5 Å². The van der Waals surface area contributed by atoms with Crippen LogP contribution in [0, 0.1) is 0 Å². The van der Waals surface area contributed by atoms with Crippen LogP contribution >= 0.6 is 27.5 Å². The normalized spacial score (nSPS) is 11.3. The Kier molecular flexibility index (Phi) is 4.58. The maximum atomic E-state index is 13.0. The molecule has 0 spiro atoms. The van der Waals surface area contributed by atoms with E-state index in [2.05, 4.69) is 15.9 Å². The Morgan fingerprint density at radius 3 is 2.43 bits per heavy atom. The first-order valence-corrected chi connectivity index (χ1v) is 6.77. The average Bonchev–Trinajstić information content (AvgIpc) is 2.42. The van der Waals surface area contributed by atoms with Gasteiger partial charge in [-0.3, -0.25) is 4.79 Å². The number of ether oxygens (including phenoxy) is 1. The topological polar surface area (TPSA) is 26.3 Å². The zero-order valence-corrected chi connectivity index (χ0v) is 12.6. The largest absolute Gasteiger partial charge is 0.455 e. The van der Waals surface area contributed by atoms with Crippen molar-refractivity contribution < 1.29 is 22.7 Å². The van der Waals surface area contributed by atoms with E-state index in [0.29, 0.717) is 10.8 Å². The molecular formula is C14H7BrClF3O2. The molecule has 0 aliphatic heterocycles. The number of carbonyl (C=O) groups is 1. The van der Waals surface area contributed by atoms with Gasteiger partial charge in [-0.2, -0.15) is 13.2 Å². The highest BCUT2D eigenvalue weighted by Crippen LogP contribution is 2.40. The number of alkyl halides is 3. The van der Waals surface area contributed by atoms with Gasteiger partial charge in [0.1, 0.15) is 17.8 Å². The molecule has 0 amide bonds. The van der Waals surface area contributed by atoms with Crippen LogP contribution in [0.15, 0.2) is 40.9 Å². The predicted molar refractivity (Wildman–Crippen MR) is 76.1 cm³/mol. The maximum absolute atomic E-state index is 13.0. The molecule has 0 aliphatic rings. The summed E-state index contributed by atoms with van der Waals surface area (Å²) in [6.07, 6.45) is -4.31. The van der Waals surface area contributed by atoms with Crippen LogP contribution in [-0.4, -0.2) is 6.29 Å². The standard InChI is InChI=1S/C14H7BrClF3O2/c15-9-2-3-11(16)13(6-9)21-12-4-1-8(7-20)5-10(12)14(17,18)19/h1-7H. The lowest BCUT2D eigenvalue weighted by Gasteiger charge is -2.15. The van der Waals surface area contributed by atoms with Gasteiger partial charge in [0, 0.05) is 10.0 Å². The molecule has 110 valence electrons. The van der Waals surface area contributed by atoms with Crippen LogP contribution in [0.3, 0.4) is 0 Å². The molecule has 0 heterocycles. The van der Waals surface area contributed by atoms with E-state index in [4.69, 9.17) is 16.3 Å². The van der Waals surface area contributed by atoms with Gasteiger partial charge in [-0.25, -0.2) is 0 Å². The molecule has 0 radical (unpaired) electrons. The minimum Gasteiger partial charge on any atom is -0.455 e. The molecule has 21 heavy (non-hydrogen) atoms. The highest BCUT2D eigenvalue weighted by Gasteiger charge is 2.35. The van der Waals surface area contributed by atoms with Crippen molar-refractivity contribution in [1.29, 1.82) is 0 Å². The van der Waals surface area contributed by atoms with Gasteiger partial charge >= 0.3 is 6.18 Å². The lowest BCUT2D eigenvalue weighted by molar-refractivity contribution is -0.138. The van der Waals surface area contributed by atoms with Gasteiger partial charge in [0.05, 0.1) is 10.6 Å². The number of benzene rings is 2. The third-order valence-electron chi connectivity index (χ3n) is 2.56. The fourth-order valence-corrected chi connectivity index (χ4v) is 2.10. The van der Waals surface area contributed by atoms with E-state index in [1.807, 2.05) is 0 Å². The Hall–Kier alpha value is -1.53. The Balaban J connectivity index is 2.48. The Morgan fingerprint density at radius 2 is 1.81 bits per heavy atom. The predicted octanol–water partition coefficient (Wildman–Crippen LogP) is 5.73. The SMILES string of the molecule is O=Cc1ccc(Oc2cc(Br)ccc2Cl)c(C(F)(F)F)c1. The summed E-state index contributed by atoms with van der Waals surface area (Å²) in [4.78, 5) is 10.6. The molecule has 0 unspecified atom stereocenters.